The lowest BCUT2D eigenvalue weighted by Crippen LogP contribution is -2.51. The lowest BCUT2D eigenvalue weighted by atomic mass is 9.92. The van der Waals surface area contributed by atoms with Crippen molar-refractivity contribution < 1.29 is 9.84 Å². The molecular weight excluding hydrogens is 356 g/mol. The Labute approximate surface area is 165 Å². The third kappa shape index (κ3) is 3.38. The number of imidazole rings is 1. The van der Waals surface area contributed by atoms with E-state index in [-0.39, 0.29) is 12.1 Å². The van der Waals surface area contributed by atoms with E-state index in [1.807, 2.05) is 6.33 Å². The van der Waals surface area contributed by atoms with Crippen LogP contribution in [-0.2, 0) is 4.74 Å². The summed E-state index contributed by atoms with van der Waals surface area (Å²) < 4.78 is 7.60. The number of aromatic nitrogens is 4. The number of ether oxygens (including phenoxy) is 1. The maximum Gasteiger partial charge on any atom is 0.165 e. The number of rotatable bonds is 3. The SMILES string of the molecule is O[C@H]1CCCC[C@@H]1n1cnc2c(N3CCCC(N4CCOCC4)C3)ncnc21. The zero-order valence-electron chi connectivity index (χ0n) is 16.4. The van der Waals surface area contributed by atoms with Gasteiger partial charge in [0.05, 0.1) is 31.7 Å². The third-order valence-electron chi connectivity index (χ3n) is 6.65. The first-order valence-corrected chi connectivity index (χ1v) is 10.7. The van der Waals surface area contributed by atoms with E-state index < -0.39 is 0 Å². The molecule has 3 fully saturated rings. The van der Waals surface area contributed by atoms with Crippen LogP contribution in [0.5, 0.6) is 0 Å². The van der Waals surface area contributed by atoms with E-state index in [0.29, 0.717) is 6.04 Å². The smallest absolute Gasteiger partial charge is 0.165 e. The van der Waals surface area contributed by atoms with Crippen LogP contribution < -0.4 is 4.90 Å². The Bertz CT molecular complexity index is 805. The summed E-state index contributed by atoms with van der Waals surface area (Å²) in [6.45, 7) is 5.69. The minimum absolute atomic E-state index is 0.0731. The summed E-state index contributed by atoms with van der Waals surface area (Å²) in [5.74, 6) is 0.937. The molecule has 28 heavy (non-hydrogen) atoms. The van der Waals surface area contributed by atoms with E-state index in [2.05, 4.69) is 24.3 Å². The molecule has 8 heteroatoms. The van der Waals surface area contributed by atoms with Gasteiger partial charge in [0.2, 0.25) is 0 Å². The highest BCUT2D eigenvalue weighted by Gasteiger charge is 2.30. The Morgan fingerprint density at radius 3 is 2.68 bits per heavy atom. The molecule has 1 N–H and O–H groups in total. The lowest BCUT2D eigenvalue weighted by molar-refractivity contribution is 0.0137. The molecule has 0 radical (unpaired) electrons. The van der Waals surface area contributed by atoms with E-state index in [9.17, 15) is 5.11 Å². The van der Waals surface area contributed by atoms with Crippen LogP contribution in [0.1, 0.15) is 44.6 Å². The molecule has 2 saturated heterocycles. The molecule has 152 valence electrons. The lowest BCUT2D eigenvalue weighted by Gasteiger charge is -2.41. The number of aliphatic hydroxyl groups is 1. The quantitative estimate of drug-likeness (QED) is 0.858. The van der Waals surface area contributed by atoms with Crippen LogP contribution in [-0.4, -0.2) is 81.1 Å². The molecule has 0 spiro atoms. The average Bonchev–Trinajstić information content (AvgIpc) is 3.19. The highest BCUT2D eigenvalue weighted by Crippen LogP contribution is 2.33. The van der Waals surface area contributed by atoms with Crippen LogP contribution in [0.2, 0.25) is 0 Å². The van der Waals surface area contributed by atoms with Gasteiger partial charge in [0.15, 0.2) is 17.0 Å². The summed E-state index contributed by atoms with van der Waals surface area (Å²) in [4.78, 5) is 18.8. The molecule has 2 aromatic rings. The normalized spacial score (nSPS) is 30.0. The summed E-state index contributed by atoms with van der Waals surface area (Å²) in [6.07, 6.45) is 9.67. The molecule has 4 heterocycles. The second kappa shape index (κ2) is 7.93. The van der Waals surface area contributed by atoms with Crippen molar-refractivity contribution in [2.45, 2.75) is 56.7 Å². The number of nitrogens with zero attached hydrogens (tertiary/aromatic N) is 6. The molecule has 1 saturated carbocycles. The van der Waals surface area contributed by atoms with Gasteiger partial charge in [-0.15, -0.1) is 0 Å². The van der Waals surface area contributed by atoms with Gasteiger partial charge in [0.1, 0.15) is 6.33 Å². The van der Waals surface area contributed by atoms with Crippen LogP contribution in [0.3, 0.4) is 0 Å². The monoisotopic (exact) mass is 386 g/mol. The van der Waals surface area contributed by atoms with Gasteiger partial charge in [-0.05, 0) is 25.7 Å². The number of hydrogen-bond acceptors (Lipinski definition) is 7. The fourth-order valence-corrected chi connectivity index (χ4v) is 5.12. The van der Waals surface area contributed by atoms with Gasteiger partial charge < -0.3 is 19.3 Å². The zero-order valence-corrected chi connectivity index (χ0v) is 16.4. The van der Waals surface area contributed by atoms with Crippen molar-refractivity contribution in [3.8, 4) is 0 Å². The van der Waals surface area contributed by atoms with Crippen molar-refractivity contribution in [3.63, 3.8) is 0 Å². The highest BCUT2D eigenvalue weighted by molar-refractivity contribution is 5.83. The molecule has 2 aromatic heterocycles. The van der Waals surface area contributed by atoms with Crippen molar-refractivity contribution in [2.24, 2.45) is 0 Å². The third-order valence-corrected chi connectivity index (χ3v) is 6.65. The average molecular weight is 387 g/mol. The fourth-order valence-electron chi connectivity index (χ4n) is 5.12. The van der Waals surface area contributed by atoms with Gasteiger partial charge in [-0.1, -0.05) is 12.8 Å². The van der Waals surface area contributed by atoms with Gasteiger partial charge in [-0.3, -0.25) is 4.90 Å². The van der Waals surface area contributed by atoms with Crippen molar-refractivity contribution >= 4 is 17.0 Å². The van der Waals surface area contributed by atoms with Gasteiger partial charge in [-0.2, -0.15) is 0 Å². The minimum atomic E-state index is -0.315. The van der Waals surface area contributed by atoms with E-state index in [1.54, 1.807) is 6.33 Å². The first-order valence-electron chi connectivity index (χ1n) is 10.7. The summed E-state index contributed by atoms with van der Waals surface area (Å²) in [7, 11) is 0. The molecule has 1 unspecified atom stereocenters. The molecule has 8 nitrogen and oxygen atoms in total. The second-order valence-electron chi connectivity index (χ2n) is 8.33. The van der Waals surface area contributed by atoms with Gasteiger partial charge in [0.25, 0.3) is 0 Å². The maximum atomic E-state index is 10.5. The number of hydrogen-bond donors (Lipinski definition) is 1. The van der Waals surface area contributed by atoms with Crippen LogP contribution in [0.25, 0.3) is 11.2 Å². The molecule has 1 aliphatic carbocycles. The maximum absolute atomic E-state index is 10.5. The van der Waals surface area contributed by atoms with Crippen LogP contribution in [0, 0.1) is 0 Å². The number of piperidine rings is 1. The van der Waals surface area contributed by atoms with Crippen molar-refractivity contribution in [3.05, 3.63) is 12.7 Å². The highest BCUT2D eigenvalue weighted by atomic mass is 16.5. The summed E-state index contributed by atoms with van der Waals surface area (Å²) in [5, 5.41) is 10.5. The predicted molar refractivity (Wildman–Crippen MR) is 106 cm³/mol. The summed E-state index contributed by atoms with van der Waals surface area (Å²) in [5.41, 5.74) is 1.72. The van der Waals surface area contributed by atoms with Gasteiger partial charge in [0, 0.05) is 32.2 Å². The number of morpholine rings is 1. The minimum Gasteiger partial charge on any atom is -0.391 e. The topological polar surface area (TPSA) is 79.5 Å². The summed E-state index contributed by atoms with van der Waals surface area (Å²) >= 11 is 0. The first-order chi connectivity index (χ1) is 13.8. The number of aliphatic hydroxyl groups excluding tert-OH is 1. The predicted octanol–water partition coefficient (Wildman–Crippen LogP) is 1.60. The molecule has 0 bridgehead atoms. The molecular formula is C20H30N6O2. The Morgan fingerprint density at radius 1 is 0.964 bits per heavy atom. The largest absolute Gasteiger partial charge is 0.391 e. The van der Waals surface area contributed by atoms with Gasteiger partial charge >= 0.3 is 0 Å². The first kappa shape index (κ1) is 18.3. The number of anilines is 1. The van der Waals surface area contributed by atoms with E-state index in [4.69, 9.17) is 9.72 Å². The number of fused-ring (bicyclic) bond motifs is 1. The molecule has 0 aromatic carbocycles. The van der Waals surface area contributed by atoms with Crippen LogP contribution in [0.15, 0.2) is 12.7 Å². The fraction of sp³-hybridized carbons (Fsp3) is 0.750. The molecule has 2 aliphatic heterocycles. The second-order valence-corrected chi connectivity index (χ2v) is 8.33. The zero-order chi connectivity index (χ0) is 18.9. The van der Waals surface area contributed by atoms with E-state index >= 15 is 0 Å². The van der Waals surface area contributed by atoms with Crippen molar-refractivity contribution in [2.75, 3.05) is 44.3 Å². The molecule has 0 amide bonds. The van der Waals surface area contributed by atoms with Crippen LogP contribution in [0.4, 0.5) is 5.82 Å². The Hall–Kier alpha value is -1.77. The van der Waals surface area contributed by atoms with Crippen LogP contribution >= 0.6 is 0 Å². The Balaban J connectivity index is 1.41. The standard InChI is InChI=1S/C20H30N6O2/c27-17-6-2-1-5-16(17)26-14-23-18-19(21-13-22-20(18)26)25-7-3-4-15(12-25)24-8-10-28-11-9-24/h13-17,27H,1-12H2/t15?,16-,17-/m0/s1. The summed E-state index contributed by atoms with van der Waals surface area (Å²) in [6, 6.07) is 0.619. The Kier molecular flexibility index (Phi) is 5.17. The van der Waals surface area contributed by atoms with Gasteiger partial charge in [-0.25, -0.2) is 15.0 Å². The molecule has 5 rings (SSSR count). The molecule has 3 atom stereocenters. The van der Waals surface area contributed by atoms with E-state index in [0.717, 1.165) is 88.5 Å². The van der Waals surface area contributed by atoms with Crippen molar-refractivity contribution in [1.29, 1.82) is 0 Å². The van der Waals surface area contributed by atoms with Crippen molar-refractivity contribution in [1.82, 2.24) is 24.4 Å². The molecule has 3 aliphatic rings. The Morgan fingerprint density at radius 2 is 1.82 bits per heavy atom. The van der Waals surface area contributed by atoms with E-state index in [1.165, 1.54) is 6.42 Å².